The van der Waals surface area contributed by atoms with E-state index in [0.717, 1.165) is 5.57 Å². The summed E-state index contributed by atoms with van der Waals surface area (Å²) in [5, 5.41) is 0. The van der Waals surface area contributed by atoms with Crippen LogP contribution in [0.5, 0.6) is 0 Å². The van der Waals surface area contributed by atoms with E-state index in [4.69, 9.17) is 18.8 Å². The van der Waals surface area contributed by atoms with E-state index in [1.54, 1.807) is 32.9 Å². The maximum absolute atomic E-state index is 12.3. The molecule has 0 saturated carbocycles. The van der Waals surface area contributed by atoms with Gasteiger partial charge in [0.25, 0.3) is 0 Å². The first-order valence-electron chi connectivity index (χ1n) is 9.14. The van der Waals surface area contributed by atoms with Crippen molar-refractivity contribution in [1.29, 1.82) is 0 Å². The quantitative estimate of drug-likeness (QED) is 0.417. The topological polar surface area (TPSA) is 54.0 Å². The van der Waals surface area contributed by atoms with Gasteiger partial charge in [-0.05, 0) is 52.4 Å². The van der Waals surface area contributed by atoms with Gasteiger partial charge in [-0.3, -0.25) is 0 Å². The van der Waals surface area contributed by atoms with Gasteiger partial charge in [0.2, 0.25) is 5.79 Å². The third kappa shape index (κ3) is 3.91. The Hall–Kier alpha value is -1.53. The fourth-order valence-electron chi connectivity index (χ4n) is 3.01. The third-order valence-electron chi connectivity index (χ3n) is 5.26. The van der Waals surface area contributed by atoms with Crippen LogP contribution in [0, 0.1) is 0 Å². The standard InChI is InChI=1S/C20H31BO5/c1-10-14(16-15(11-2)17(22)24-20(8,9)23-16)12-13(3)21-25-18(4,5)19(6,7)26-21/h10-11,13H,1,12H2,2-9H3/b15-11+,16-14-. The van der Waals surface area contributed by atoms with Crippen LogP contribution in [0.1, 0.15) is 61.8 Å². The Kier molecular flexibility index (Phi) is 5.51. The van der Waals surface area contributed by atoms with Crippen LogP contribution in [0.3, 0.4) is 0 Å². The number of hydrogen-bond acceptors (Lipinski definition) is 5. The van der Waals surface area contributed by atoms with Crippen LogP contribution in [0.4, 0.5) is 0 Å². The van der Waals surface area contributed by atoms with Gasteiger partial charge in [-0.1, -0.05) is 25.7 Å². The van der Waals surface area contributed by atoms with Crippen LogP contribution in [0.25, 0.3) is 0 Å². The molecule has 2 rings (SSSR count). The Morgan fingerprint density at radius 1 is 1.12 bits per heavy atom. The average Bonchev–Trinajstić information content (AvgIpc) is 2.71. The van der Waals surface area contributed by atoms with Gasteiger partial charge in [0.15, 0.2) is 0 Å². The number of cyclic esters (lactones) is 1. The smallest absolute Gasteiger partial charge is 0.452 e. The summed E-state index contributed by atoms with van der Waals surface area (Å²) in [7, 11) is -0.340. The lowest BCUT2D eigenvalue weighted by atomic mass is 9.69. The Labute approximate surface area is 157 Å². The molecule has 2 aliphatic rings. The highest BCUT2D eigenvalue weighted by molar-refractivity contribution is 6.47. The number of esters is 1. The second kappa shape index (κ2) is 6.89. The fraction of sp³-hybridized carbons (Fsp3) is 0.650. The molecule has 6 heteroatoms. The molecular weight excluding hydrogens is 331 g/mol. The monoisotopic (exact) mass is 362 g/mol. The van der Waals surface area contributed by atoms with Crippen LogP contribution < -0.4 is 0 Å². The van der Waals surface area contributed by atoms with E-state index in [-0.39, 0.29) is 30.1 Å². The molecule has 2 heterocycles. The van der Waals surface area contributed by atoms with Gasteiger partial charge >= 0.3 is 13.1 Å². The van der Waals surface area contributed by atoms with E-state index in [1.807, 2.05) is 27.7 Å². The van der Waals surface area contributed by atoms with E-state index in [9.17, 15) is 4.79 Å². The number of carbonyl (C=O) groups is 1. The molecule has 0 aliphatic carbocycles. The summed E-state index contributed by atoms with van der Waals surface area (Å²) in [4.78, 5) is 12.3. The summed E-state index contributed by atoms with van der Waals surface area (Å²) in [6, 6.07) is 0. The summed E-state index contributed by atoms with van der Waals surface area (Å²) in [6.07, 6.45) is 4.04. The molecule has 0 spiro atoms. The van der Waals surface area contributed by atoms with Crippen molar-refractivity contribution in [1.82, 2.24) is 0 Å². The molecule has 26 heavy (non-hydrogen) atoms. The molecule has 2 fully saturated rings. The zero-order valence-corrected chi connectivity index (χ0v) is 17.3. The Bertz CT molecular complexity index is 641. The molecule has 144 valence electrons. The third-order valence-corrected chi connectivity index (χ3v) is 5.26. The molecule has 1 atom stereocenters. The molecule has 2 aliphatic heterocycles. The minimum absolute atomic E-state index is 0.0549. The molecule has 0 aromatic heterocycles. The molecule has 0 N–H and O–H groups in total. The van der Waals surface area contributed by atoms with Gasteiger partial charge in [-0.25, -0.2) is 4.79 Å². The number of hydrogen-bond donors (Lipinski definition) is 0. The molecule has 5 nitrogen and oxygen atoms in total. The molecule has 1 unspecified atom stereocenters. The van der Waals surface area contributed by atoms with Crippen molar-refractivity contribution in [3.05, 3.63) is 35.6 Å². The molecule has 2 saturated heterocycles. The number of rotatable bonds is 4. The van der Waals surface area contributed by atoms with Crippen molar-refractivity contribution in [2.45, 2.75) is 84.6 Å². The largest absolute Gasteiger partial charge is 0.461 e. The van der Waals surface area contributed by atoms with Crippen molar-refractivity contribution < 1.29 is 23.6 Å². The zero-order valence-electron chi connectivity index (χ0n) is 17.3. The maximum atomic E-state index is 12.3. The van der Waals surface area contributed by atoms with Crippen LogP contribution >= 0.6 is 0 Å². The van der Waals surface area contributed by atoms with Gasteiger partial charge in [0.05, 0.1) is 16.8 Å². The average molecular weight is 362 g/mol. The van der Waals surface area contributed by atoms with E-state index in [0.29, 0.717) is 17.8 Å². The van der Waals surface area contributed by atoms with Crippen LogP contribution in [0.15, 0.2) is 35.6 Å². The minimum atomic E-state index is -1.01. The van der Waals surface area contributed by atoms with Crippen molar-refractivity contribution in [3.8, 4) is 0 Å². The normalized spacial score (nSPS) is 28.4. The second-order valence-electron chi connectivity index (χ2n) is 8.46. The first kappa shape index (κ1) is 20.8. The van der Waals surface area contributed by atoms with E-state index in [1.165, 1.54) is 0 Å². The van der Waals surface area contributed by atoms with E-state index < -0.39 is 5.79 Å². The van der Waals surface area contributed by atoms with Gasteiger partial charge in [-0.2, -0.15) is 0 Å². The van der Waals surface area contributed by atoms with Crippen molar-refractivity contribution >= 4 is 13.1 Å². The lowest BCUT2D eigenvalue weighted by molar-refractivity contribution is -0.208. The summed E-state index contributed by atoms with van der Waals surface area (Å²) in [5.41, 5.74) is 0.495. The van der Waals surface area contributed by atoms with Gasteiger partial charge in [0, 0.05) is 13.8 Å². The zero-order chi connectivity index (χ0) is 19.9. The minimum Gasteiger partial charge on any atom is -0.452 e. The van der Waals surface area contributed by atoms with E-state index in [2.05, 4.69) is 13.5 Å². The highest BCUT2D eigenvalue weighted by Gasteiger charge is 2.52. The maximum Gasteiger partial charge on any atom is 0.461 e. The summed E-state index contributed by atoms with van der Waals surface area (Å²) in [5.74, 6) is -0.825. The fourth-order valence-corrected chi connectivity index (χ4v) is 3.01. The highest BCUT2D eigenvalue weighted by atomic mass is 16.7. The Morgan fingerprint density at radius 2 is 1.65 bits per heavy atom. The molecule has 0 amide bonds. The summed E-state index contributed by atoms with van der Waals surface area (Å²) in [6.45, 7) is 19.3. The molecule has 0 aromatic rings. The van der Waals surface area contributed by atoms with Gasteiger partial charge in [0.1, 0.15) is 5.76 Å². The molecule has 0 radical (unpaired) electrons. The lowest BCUT2D eigenvalue weighted by Crippen LogP contribution is -2.41. The van der Waals surface area contributed by atoms with Crippen LogP contribution in [0.2, 0.25) is 5.82 Å². The molecular formula is C20H31BO5. The van der Waals surface area contributed by atoms with Crippen molar-refractivity contribution in [3.63, 3.8) is 0 Å². The number of carbonyl (C=O) groups excluding carboxylic acids is 1. The molecule has 0 bridgehead atoms. The predicted molar refractivity (Wildman–Crippen MR) is 102 cm³/mol. The highest BCUT2D eigenvalue weighted by Crippen LogP contribution is 2.42. The first-order valence-corrected chi connectivity index (χ1v) is 9.14. The number of allylic oxidation sites excluding steroid dienone is 3. The van der Waals surface area contributed by atoms with Gasteiger partial charge in [-0.15, -0.1) is 0 Å². The summed E-state index contributed by atoms with van der Waals surface area (Å²) < 4.78 is 23.6. The number of ether oxygens (including phenoxy) is 2. The van der Waals surface area contributed by atoms with E-state index >= 15 is 0 Å². The van der Waals surface area contributed by atoms with Crippen molar-refractivity contribution in [2.24, 2.45) is 0 Å². The first-order chi connectivity index (χ1) is 11.8. The Balaban J connectivity index is 2.29. The Morgan fingerprint density at radius 3 is 2.12 bits per heavy atom. The van der Waals surface area contributed by atoms with Crippen molar-refractivity contribution in [2.75, 3.05) is 0 Å². The second-order valence-corrected chi connectivity index (χ2v) is 8.46. The lowest BCUT2D eigenvalue weighted by Gasteiger charge is -2.34. The van der Waals surface area contributed by atoms with Gasteiger partial charge < -0.3 is 18.8 Å². The SMILES string of the molecule is C=C/C(CC(C)B1OC(C)(C)C(C)(C)O1)=C1/OC(C)(C)OC(=O)/C1=C/C. The predicted octanol–water partition coefficient (Wildman–Crippen LogP) is 4.55. The summed E-state index contributed by atoms with van der Waals surface area (Å²) >= 11 is 0. The van der Waals surface area contributed by atoms with Crippen LogP contribution in [-0.4, -0.2) is 30.1 Å². The molecule has 0 aromatic carbocycles. The van der Waals surface area contributed by atoms with Crippen LogP contribution in [-0.2, 0) is 23.6 Å².